The van der Waals surface area contributed by atoms with Crippen LogP contribution in [0.2, 0.25) is 0 Å². The molecule has 112 valence electrons. The van der Waals surface area contributed by atoms with E-state index in [1.165, 1.54) is 11.8 Å². The average Bonchev–Trinajstić information content (AvgIpc) is 2.47. The van der Waals surface area contributed by atoms with Gasteiger partial charge in [-0.05, 0) is 24.4 Å². The van der Waals surface area contributed by atoms with Crippen molar-refractivity contribution in [3.05, 3.63) is 36.4 Å². The molecule has 1 heterocycles. The van der Waals surface area contributed by atoms with Gasteiger partial charge in [-0.25, -0.2) is 9.79 Å². The van der Waals surface area contributed by atoms with Crippen LogP contribution in [0.1, 0.15) is 6.92 Å². The first kappa shape index (κ1) is 14.4. The van der Waals surface area contributed by atoms with Gasteiger partial charge >= 0.3 is 6.03 Å². The van der Waals surface area contributed by atoms with Gasteiger partial charge in [0.25, 0.3) is 0 Å². The summed E-state index contributed by atoms with van der Waals surface area (Å²) in [5.74, 6) is -0.445. The van der Waals surface area contributed by atoms with Crippen LogP contribution in [-0.4, -0.2) is 22.4 Å². The number of benzene rings is 2. The Hall–Kier alpha value is -2.54. The summed E-state index contributed by atoms with van der Waals surface area (Å²) in [4.78, 5) is 27.0. The molecule has 1 aliphatic rings. The Labute approximate surface area is 131 Å². The van der Waals surface area contributed by atoms with Crippen molar-refractivity contribution in [2.75, 3.05) is 5.32 Å². The minimum Gasteiger partial charge on any atom is -0.351 e. The van der Waals surface area contributed by atoms with Crippen LogP contribution < -0.4 is 16.4 Å². The van der Waals surface area contributed by atoms with Crippen molar-refractivity contribution in [1.29, 1.82) is 0 Å². The summed E-state index contributed by atoms with van der Waals surface area (Å²) >= 11 is 1.24. The molecule has 0 aliphatic carbocycles. The lowest BCUT2D eigenvalue weighted by molar-refractivity contribution is -0.119. The number of rotatable bonds is 2. The van der Waals surface area contributed by atoms with Crippen molar-refractivity contribution in [2.45, 2.75) is 12.2 Å². The van der Waals surface area contributed by atoms with E-state index < -0.39 is 17.2 Å². The molecule has 4 N–H and O–H groups in total. The zero-order valence-corrected chi connectivity index (χ0v) is 12.6. The van der Waals surface area contributed by atoms with Crippen LogP contribution in [0.5, 0.6) is 0 Å². The number of nitrogens with one attached hydrogen (secondary N) is 2. The molecule has 2 aromatic rings. The summed E-state index contributed by atoms with van der Waals surface area (Å²) in [6.07, 6.45) is 0. The molecule has 0 saturated carbocycles. The number of aliphatic imine (C=N–C) groups is 1. The Balaban J connectivity index is 1.85. The molecule has 0 bridgehead atoms. The number of carbonyl (C=O) groups is 2. The molecular weight excluding hydrogens is 300 g/mol. The summed E-state index contributed by atoms with van der Waals surface area (Å²) in [5, 5.41) is 7.56. The quantitative estimate of drug-likeness (QED) is 0.793. The van der Waals surface area contributed by atoms with E-state index in [2.05, 4.69) is 15.6 Å². The number of nitrogens with zero attached hydrogens (tertiary/aromatic N) is 1. The zero-order valence-electron chi connectivity index (χ0n) is 11.8. The van der Waals surface area contributed by atoms with Crippen molar-refractivity contribution < 1.29 is 9.59 Å². The first-order valence-electron chi connectivity index (χ1n) is 6.69. The topological polar surface area (TPSA) is 96.6 Å². The fraction of sp³-hybridized carbons (Fsp3) is 0.133. The fourth-order valence-corrected chi connectivity index (χ4v) is 3.09. The molecule has 0 unspecified atom stereocenters. The molecule has 1 atom stereocenters. The first-order chi connectivity index (χ1) is 10.5. The van der Waals surface area contributed by atoms with E-state index in [1.807, 2.05) is 36.4 Å². The highest BCUT2D eigenvalue weighted by atomic mass is 32.2. The normalized spacial score (nSPS) is 14.0. The molecule has 0 fully saturated rings. The SMILES string of the molecule is C[C@H](SC1=Nc2cccc3cccc(c23)N1)C(=O)NC(N)=O. The molecule has 0 spiro atoms. The maximum Gasteiger partial charge on any atom is 0.318 e. The standard InChI is InChI=1S/C15H14N4O2S/c1-8(13(20)19-14(16)21)22-15-17-10-6-2-4-9-5-3-7-11(18-15)12(9)10/h2-8H,1H3,(H,17,18)(H3,16,19,20,21)/t8-/m0/s1. The molecule has 3 rings (SSSR count). The molecule has 3 amide bonds. The predicted octanol–water partition coefficient (Wildman–Crippen LogP) is 2.57. The van der Waals surface area contributed by atoms with Crippen LogP contribution in [-0.2, 0) is 4.79 Å². The van der Waals surface area contributed by atoms with Gasteiger partial charge in [0, 0.05) is 5.39 Å². The van der Waals surface area contributed by atoms with E-state index in [9.17, 15) is 9.59 Å². The Bertz CT molecular complexity index is 798. The number of primary amides is 1. The van der Waals surface area contributed by atoms with E-state index in [4.69, 9.17) is 5.73 Å². The average molecular weight is 314 g/mol. The molecule has 0 radical (unpaired) electrons. The molecule has 22 heavy (non-hydrogen) atoms. The number of urea groups is 1. The maximum atomic E-state index is 11.7. The number of nitrogens with two attached hydrogens (primary N) is 1. The third-order valence-corrected chi connectivity index (χ3v) is 4.23. The molecule has 6 nitrogen and oxygen atoms in total. The van der Waals surface area contributed by atoms with E-state index in [0.717, 1.165) is 22.1 Å². The number of hydrogen-bond donors (Lipinski definition) is 3. The highest BCUT2D eigenvalue weighted by Gasteiger charge is 2.21. The van der Waals surface area contributed by atoms with Crippen LogP contribution in [0.15, 0.2) is 41.4 Å². The van der Waals surface area contributed by atoms with Gasteiger partial charge in [-0.2, -0.15) is 0 Å². The van der Waals surface area contributed by atoms with Crippen molar-refractivity contribution in [1.82, 2.24) is 5.32 Å². The summed E-state index contributed by atoms with van der Waals surface area (Å²) in [7, 11) is 0. The number of amidine groups is 1. The third kappa shape index (κ3) is 2.75. The van der Waals surface area contributed by atoms with Gasteiger partial charge in [-0.1, -0.05) is 36.0 Å². The summed E-state index contributed by atoms with van der Waals surface area (Å²) in [5.41, 5.74) is 6.76. The van der Waals surface area contributed by atoms with E-state index >= 15 is 0 Å². The second-order valence-corrected chi connectivity index (χ2v) is 6.17. The third-order valence-electron chi connectivity index (χ3n) is 3.25. The Morgan fingerprint density at radius 3 is 2.73 bits per heavy atom. The van der Waals surface area contributed by atoms with Crippen molar-refractivity contribution >= 4 is 51.0 Å². The number of imide groups is 1. The van der Waals surface area contributed by atoms with Gasteiger partial charge < -0.3 is 11.1 Å². The lowest BCUT2D eigenvalue weighted by Crippen LogP contribution is -2.40. The molecule has 1 aliphatic heterocycles. The Morgan fingerprint density at radius 2 is 2.00 bits per heavy atom. The Morgan fingerprint density at radius 1 is 1.27 bits per heavy atom. The molecule has 2 aromatic carbocycles. The van der Waals surface area contributed by atoms with Crippen LogP contribution in [0.3, 0.4) is 0 Å². The highest BCUT2D eigenvalue weighted by molar-refractivity contribution is 8.15. The number of carbonyl (C=O) groups excluding carboxylic acids is 2. The van der Waals surface area contributed by atoms with Crippen LogP contribution >= 0.6 is 11.8 Å². The van der Waals surface area contributed by atoms with Crippen molar-refractivity contribution in [3.63, 3.8) is 0 Å². The van der Waals surface area contributed by atoms with Crippen LogP contribution in [0.4, 0.5) is 16.2 Å². The summed E-state index contributed by atoms with van der Waals surface area (Å²) < 4.78 is 0. The fourth-order valence-electron chi connectivity index (χ4n) is 2.27. The smallest absolute Gasteiger partial charge is 0.318 e. The number of anilines is 1. The number of hydrogen-bond acceptors (Lipinski definition) is 5. The van der Waals surface area contributed by atoms with E-state index in [1.54, 1.807) is 6.92 Å². The largest absolute Gasteiger partial charge is 0.351 e. The lowest BCUT2D eigenvalue weighted by atomic mass is 10.1. The molecule has 7 heteroatoms. The van der Waals surface area contributed by atoms with Crippen LogP contribution in [0, 0.1) is 0 Å². The summed E-state index contributed by atoms with van der Waals surface area (Å²) in [6.45, 7) is 1.69. The monoisotopic (exact) mass is 314 g/mol. The van der Waals surface area contributed by atoms with E-state index in [0.29, 0.717) is 5.17 Å². The number of amides is 3. The van der Waals surface area contributed by atoms with Gasteiger partial charge in [0.1, 0.15) is 0 Å². The maximum absolute atomic E-state index is 11.7. The number of thioether (sulfide) groups is 1. The van der Waals surface area contributed by atoms with Gasteiger partial charge in [0.15, 0.2) is 5.17 Å². The van der Waals surface area contributed by atoms with Crippen molar-refractivity contribution in [3.8, 4) is 0 Å². The predicted molar refractivity (Wildman–Crippen MR) is 89.4 cm³/mol. The first-order valence-corrected chi connectivity index (χ1v) is 7.57. The zero-order chi connectivity index (χ0) is 15.7. The molecule has 0 aromatic heterocycles. The highest BCUT2D eigenvalue weighted by Crippen LogP contribution is 2.37. The Kier molecular flexibility index (Phi) is 3.72. The van der Waals surface area contributed by atoms with Gasteiger partial charge in [-0.15, -0.1) is 0 Å². The van der Waals surface area contributed by atoms with Gasteiger partial charge in [0.05, 0.1) is 16.6 Å². The minimum atomic E-state index is -0.855. The van der Waals surface area contributed by atoms with Gasteiger partial charge in [0.2, 0.25) is 5.91 Å². The molecular formula is C15H14N4O2S. The lowest BCUT2D eigenvalue weighted by Gasteiger charge is -2.20. The minimum absolute atomic E-state index is 0.445. The molecule has 0 saturated heterocycles. The van der Waals surface area contributed by atoms with Crippen LogP contribution in [0.25, 0.3) is 10.8 Å². The second kappa shape index (κ2) is 5.69. The summed E-state index contributed by atoms with van der Waals surface area (Å²) in [6, 6.07) is 11.0. The van der Waals surface area contributed by atoms with Crippen molar-refractivity contribution in [2.24, 2.45) is 10.7 Å². The van der Waals surface area contributed by atoms with Gasteiger partial charge in [-0.3, -0.25) is 10.1 Å². The van der Waals surface area contributed by atoms with E-state index in [-0.39, 0.29) is 0 Å². The second-order valence-electron chi connectivity index (χ2n) is 4.84.